The lowest BCUT2D eigenvalue weighted by Crippen LogP contribution is -2.28. The van der Waals surface area contributed by atoms with Gasteiger partial charge in [-0.3, -0.25) is 24.3 Å². The molecule has 1 atom stereocenters. The van der Waals surface area contributed by atoms with Crippen molar-refractivity contribution in [1.82, 2.24) is 25.1 Å². The van der Waals surface area contributed by atoms with Crippen molar-refractivity contribution in [1.29, 1.82) is 0 Å². The minimum absolute atomic E-state index is 0.0221. The highest BCUT2D eigenvalue weighted by molar-refractivity contribution is 7.99. The first kappa shape index (κ1) is 33.6. The first-order chi connectivity index (χ1) is 23.7. The molecule has 12 nitrogen and oxygen atoms in total. The zero-order valence-corrected chi connectivity index (χ0v) is 28.7. The SMILES string of the molecule is CCOc1ccc(-n2c(CNC(=O)c3cccc([N+](=O)[O-])c3C)nnc2SCC(=O)N2N=C(c3cccs3)C[C@@H]2c2ccc(C)cc2)cc1. The van der Waals surface area contributed by atoms with Gasteiger partial charge in [-0.05, 0) is 68.1 Å². The van der Waals surface area contributed by atoms with Gasteiger partial charge in [0.25, 0.3) is 17.5 Å². The van der Waals surface area contributed by atoms with Gasteiger partial charge in [0, 0.05) is 29.3 Å². The number of carbonyl (C=O) groups excluding carboxylic acids is 2. The van der Waals surface area contributed by atoms with Crippen molar-refractivity contribution in [3.63, 3.8) is 0 Å². The third kappa shape index (κ3) is 7.39. The van der Waals surface area contributed by atoms with Crippen molar-refractivity contribution < 1.29 is 19.2 Å². The van der Waals surface area contributed by atoms with Crippen molar-refractivity contribution >= 4 is 46.3 Å². The van der Waals surface area contributed by atoms with Crippen LogP contribution in [0.25, 0.3) is 5.69 Å². The summed E-state index contributed by atoms with van der Waals surface area (Å²) in [6.07, 6.45) is 0.607. The van der Waals surface area contributed by atoms with Crippen molar-refractivity contribution in [3.8, 4) is 11.4 Å². The number of ether oxygens (including phenoxy) is 1. The van der Waals surface area contributed by atoms with Crippen LogP contribution in [0.2, 0.25) is 0 Å². The van der Waals surface area contributed by atoms with E-state index in [1.807, 2.05) is 79.9 Å². The summed E-state index contributed by atoms with van der Waals surface area (Å²) in [5, 5.41) is 31.8. The number of nitrogens with one attached hydrogen (secondary N) is 1. The fourth-order valence-electron chi connectivity index (χ4n) is 5.52. The number of rotatable bonds is 12. The van der Waals surface area contributed by atoms with Crippen LogP contribution >= 0.6 is 23.1 Å². The topological polar surface area (TPSA) is 145 Å². The molecule has 0 spiro atoms. The molecular weight excluding hydrogens is 663 g/mol. The molecule has 0 fully saturated rings. The summed E-state index contributed by atoms with van der Waals surface area (Å²) in [6.45, 7) is 5.96. The first-order valence-corrected chi connectivity index (χ1v) is 17.4. The molecule has 14 heteroatoms. The third-order valence-corrected chi connectivity index (χ3v) is 9.85. The number of nitro groups is 1. The van der Waals surface area contributed by atoms with Gasteiger partial charge in [0.05, 0.1) is 40.5 Å². The number of aromatic nitrogens is 3. The second-order valence-electron chi connectivity index (χ2n) is 11.2. The lowest BCUT2D eigenvalue weighted by molar-refractivity contribution is -0.385. The Balaban J connectivity index is 1.25. The minimum Gasteiger partial charge on any atom is -0.494 e. The number of thioether (sulfide) groups is 1. The summed E-state index contributed by atoms with van der Waals surface area (Å²) in [4.78, 5) is 38.9. The van der Waals surface area contributed by atoms with Crippen LogP contribution < -0.4 is 10.1 Å². The van der Waals surface area contributed by atoms with Crippen molar-refractivity contribution in [2.24, 2.45) is 5.10 Å². The summed E-state index contributed by atoms with van der Waals surface area (Å²) >= 11 is 2.81. The molecule has 0 saturated heterocycles. The Kier molecular flexibility index (Phi) is 10.2. The number of nitro benzene ring substituents is 1. The molecule has 250 valence electrons. The zero-order valence-electron chi connectivity index (χ0n) is 27.0. The maximum atomic E-state index is 13.9. The van der Waals surface area contributed by atoms with E-state index in [0.717, 1.165) is 21.7 Å². The van der Waals surface area contributed by atoms with Crippen molar-refractivity contribution in [3.05, 3.63) is 127 Å². The summed E-state index contributed by atoms with van der Waals surface area (Å²) in [5.74, 6) is 0.474. The normalized spacial score (nSPS) is 14.1. The van der Waals surface area contributed by atoms with E-state index in [1.54, 1.807) is 27.8 Å². The molecule has 1 aliphatic heterocycles. The smallest absolute Gasteiger partial charge is 0.273 e. The maximum absolute atomic E-state index is 13.9. The Bertz CT molecular complexity index is 2010. The molecule has 0 aliphatic carbocycles. The number of hydrogen-bond acceptors (Lipinski definition) is 10. The van der Waals surface area contributed by atoms with E-state index in [-0.39, 0.29) is 41.1 Å². The van der Waals surface area contributed by atoms with Gasteiger partial charge in [-0.1, -0.05) is 53.7 Å². The van der Waals surface area contributed by atoms with E-state index in [0.29, 0.717) is 35.4 Å². The number of hydrogen-bond donors (Lipinski definition) is 1. The molecule has 0 bridgehead atoms. The van der Waals surface area contributed by atoms with Gasteiger partial charge in [-0.15, -0.1) is 21.5 Å². The van der Waals surface area contributed by atoms with Gasteiger partial charge < -0.3 is 10.1 Å². The Morgan fingerprint density at radius 2 is 1.82 bits per heavy atom. The molecule has 3 aromatic carbocycles. The van der Waals surface area contributed by atoms with E-state index in [4.69, 9.17) is 9.84 Å². The fraction of sp³-hybridized carbons (Fsp3) is 0.229. The molecule has 2 amide bonds. The molecule has 3 heterocycles. The number of nitrogens with zero attached hydrogens (tertiary/aromatic N) is 6. The average molecular weight is 696 g/mol. The standard InChI is InChI=1S/C35H33N7O5S2/c1-4-47-26-16-14-25(15-17-26)40-32(20-36-34(44)27-7-5-8-29(23(27)3)42(45)46)37-38-35(40)49-21-33(43)41-30(24-12-10-22(2)11-13-24)19-28(39-41)31-9-6-18-48-31/h5-18,30H,4,19-21H2,1-3H3,(H,36,44)/t30-/m1/s1. The lowest BCUT2D eigenvalue weighted by Gasteiger charge is -2.22. The molecule has 2 aromatic heterocycles. The summed E-state index contributed by atoms with van der Waals surface area (Å²) in [6, 6.07) is 23.6. The quantitative estimate of drug-likeness (QED) is 0.0868. The Morgan fingerprint density at radius 1 is 1.04 bits per heavy atom. The van der Waals surface area contributed by atoms with Crippen LogP contribution in [0.5, 0.6) is 5.75 Å². The van der Waals surface area contributed by atoms with Gasteiger partial charge in [0.1, 0.15) is 5.75 Å². The van der Waals surface area contributed by atoms with Crippen LogP contribution in [-0.2, 0) is 11.3 Å². The molecule has 0 radical (unpaired) electrons. The molecule has 0 unspecified atom stereocenters. The number of hydrazone groups is 1. The highest BCUT2D eigenvalue weighted by atomic mass is 32.2. The molecule has 6 rings (SSSR count). The second-order valence-corrected chi connectivity index (χ2v) is 13.1. The predicted octanol–water partition coefficient (Wildman–Crippen LogP) is 6.65. The molecule has 49 heavy (non-hydrogen) atoms. The average Bonchev–Trinajstić information content (AvgIpc) is 3.88. The number of thiophene rings is 1. The van der Waals surface area contributed by atoms with Gasteiger partial charge in [0.2, 0.25) is 0 Å². The number of benzene rings is 3. The van der Waals surface area contributed by atoms with E-state index >= 15 is 0 Å². The number of carbonyl (C=O) groups is 2. The maximum Gasteiger partial charge on any atom is 0.273 e. The van der Waals surface area contributed by atoms with Gasteiger partial charge in [-0.2, -0.15) is 5.10 Å². The molecular formula is C35H33N7O5S2. The van der Waals surface area contributed by atoms with E-state index < -0.39 is 10.8 Å². The Hall–Kier alpha value is -5.34. The summed E-state index contributed by atoms with van der Waals surface area (Å²) in [7, 11) is 0. The largest absolute Gasteiger partial charge is 0.494 e. The number of amides is 2. The predicted molar refractivity (Wildman–Crippen MR) is 188 cm³/mol. The van der Waals surface area contributed by atoms with Crippen LogP contribution in [0.3, 0.4) is 0 Å². The molecule has 5 aromatic rings. The summed E-state index contributed by atoms with van der Waals surface area (Å²) < 4.78 is 7.39. The highest BCUT2D eigenvalue weighted by Crippen LogP contribution is 2.35. The van der Waals surface area contributed by atoms with Crippen LogP contribution in [0.4, 0.5) is 5.69 Å². The van der Waals surface area contributed by atoms with Gasteiger partial charge in [-0.25, -0.2) is 5.01 Å². The molecule has 1 N–H and O–H groups in total. The molecule has 1 aliphatic rings. The van der Waals surface area contributed by atoms with Crippen molar-refractivity contribution in [2.45, 2.75) is 44.9 Å². The molecule has 0 saturated carbocycles. The van der Waals surface area contributed by atoms with Crippen LogP contribution in [-0.4, -0.2) is 54.6 Å². The zero-order chi connectivity index (χ0) is 34.5. The lowest BCUT2D eigenvalue weighted by atomic mass is 10.00. The second kappa shape index (κ2) is 14.8. The Morgan fingerprint density at radius 3 is 2.51 bits per heavy atom. The van der Waals surface area contributed by atoms with Gasteiger partial charge >= 0.3 is 0 Å². The minimum atomic E-state index is -0.515. The summed E-state index contributed by atoms with van der Waals surface area (Å²) in [5.41, 5.74) is 4.04. The fourth-order valence-corrected chi connectivity index (χ4v) is 7.06. The monoisotopic (exact) mass is 695 g/mol. The number of aryl methyl sites for hydroxylation is 1. The van der Waals surface area contributed by atoms with Crippen LogP contribution in [0.15, 0.2) is 94.5 Å². The first-order valence-electron chi connectivity index (χ1n) is 15.6. The van der Waals surface area contributed by atoms with Gasteiger partial charge in [0.15, 0.2) is 11.0 Å². The van der Waals surface area contributed by atoms with E-state index in [2.05, 4.69) is 15.5 Å². The van der Waals surface area contributed by atoms with E-state index in [1.165, 1.54) is 30.0 Å². The van der Waals surface area contributed by atoms with E-state index in [9.17, 15) is 19.7 Å². The van der Waals surface area contributed by atoms with Crippen molar-refractivity contribution in [2.75, 3.05) is 12.4 Å². The Labute approximate surface area is 291 Å². The van der Waals surface area contributed by atoms with Crippen LogP contribution in [0, 0.1) is 24.0 Å². The van der Waals surface area contributed by atoms with Crippen LogP contribution in [0.1, 0.15) is 57.1 Å². The highest BCUT2D eigenvalue weighted by Gasteiger charge is 2.34. The third-order valence-electron chi connectivity index (χ3n) is 8.02.